The molecular formula is C55H94O6. The summed E-state index contributed by atoms with van der Waals surface area (Å²) in [5.74, 6) is -0.918. The number of unbranched alkanes of at least 4 members (excludes halogenated alkanes) is 22. The van der Waals surface area contributed by atoms with Crippen molar-refractivity contribution >= 4 is 17.9 Å². The third-order valence-electron chi connectivity index (χ3n) is 10.7. The fraction of sp³-hybridized carbons (Fsp3) is 0.727. The standard InChI is InChI=1S/C55H94O6/c1-4-7-10-13-16-19-22-25-27-30-32-35-38-41-44-47-53(56)59-50-52(61-55(58)49-46-43-40-37-34-29-24-21-18-15-12-9-6-3)51-60-54(57)48-45-42-39-36-33-31-28-26-23-20-17-14-11-8-5-2/h7-8,10-11,16-17,19-20,25-28,52H,4-6,9,12-15,18,21-24,29-51H2,1-3H3/b10-7-,11-8-,19-16-,20-17-,27-25-,28-26-. The zero-order valence-corrected chi connectivity index (χ0v) is 39.9. The van der Waals surface area contributed by atoms with Crippen molar-refractivity contribution in [3.05, 3.63) is 72.9 Å². The smallest absolute Gasteiger partial charge is 0.306 e. The zero-order valence-electron chi connectivity index (χ0n) is 39.9. The van der Waals surface area contributed by atoms with E-state index in [-0.39, 0.29) is 31.1 Å². The van der Waals surface area contributed by atoms with Gasteiger partial charge in [0.2, 0.25) is 0 Å². The molecule has 61 heavy (non-hydrogen) atoms. The lowest BCUT2D eigenvalue weighted by Gasteiger charge is -2.18. The number of carbonyl (C=O) groups excluding carboxylic acids is 3. The van der Waals surface area contributed by atoms with Gasteiger partial charge < -0.3 is 14.2 Å². The van der Waals surface area contributed by atoms with Gasteiger partial charge in [0.15, 0.2) is 6.10 Å². The SMILES string of the molecule is CC/C=C\C/C=C\C/C=C\CCCCCCCC(=O)OCC(COC(=O)CCCCCCC/C=C\C/C=C\C/C=C\CC)OC(=O)CCCCCCCCCCCCCCC. The number of carbonyl (C=O) groups is 3. The third-order valence-corrected chi connectivity index (χ3v) is 10.7. The van der Waals surface area contributed by atoms with Crippen molar-refractivity contribution in [2.24, 2.45) is 0 Å². The Morgan fingerprint density at radius 1 is 0.344 bits per heavy atom. The van der Waals surface area contributed by atoms with Crippen molar-refractivity contribution < 1.29 is 28.6 Å². The molecule has 0 aromatic heterocycles. The predicted molar refractivity (Wildman–Crippen MR) is 261 cm³/mol. The second kappa shape index (κ2) is 49.5. The number of ether oxygens (including phenoxy) is 3. The largest absolute Gasteiger partial charge is 0.462 e. The van der Waals surface area contributed by atoms with Gasteiger partial charge in [0.1, 0.15) is 13.2 Å². The minimum absolute atomic E-state index is 0.0888. The van der Waals surface area contributed by atoms with Crippen molar-refractivity contribution in [1.29, 1.82) is 0 Å². The van der Waals surface area contributed by atoms with Gasteiger partial charge in [-0.05, 0) is 83.5 Å². The van der Waals surface area contributed by atoms with E-state index < -0.39 is 6.10 Å². The van der Waals surface area contributed by atoms with E-state index in [0.29, 0.717) is 19.3 Å². The first-order valence-corrected chi connectivity index (χ1v) is 25.4. The van der Waals surface area contributed by atoms with E-state index in [2.05, 4.69) is 93.7 Å². The van der Waals surface area contributed by atoms with Crippen molar-refractivity contribution in [3.63, 3.8) is 0 Å². The summed E-state index contributed by atoms with van der Waals surface area (Å²) >= 11 is 0. The van der Waals surface area contributed by atoms with E-state index in [1.807, 2.05) is 0 Å². The van der Waals surface area contributed by atoms with Gasteiger partial charge in [-0.15, -0.1) is 0 Å². The zero-order chi connectivity index (χ0) is 44.4. The number of rotatable bonds is 45. The molecule has 350 valence electrons. The molecule has 0 N–H and O–H groups in total. The Labute approximate surface area is 376 Å². The summed E-state index contributed by atoms with van der Waals surface area (Å²) in [5.41, 5.74) is 0. The molecule has 0 bridgehead atoms. The van der Waals surface area contributed by atoms with E-state index in [0.717, 1.165) is 135 Å². The summed E-state index contributed by atoms with van der Waals surface area (Å²) in [6, 6.07) is 0. The maximum atomic E-state index is 12.8. The van der Waals surface area contributed by atoms with Gasteiger partial charge in [-0.1, -0.05) is 209 Å². The molecule has 0 aromatic carbocycles. The van der Waals surface area contributed by atoms with Gasteiger partial charge in [0, 0.05) is 19.3 Å². The Hall–Kier alpha value is -3.15. The average molecular weight is 851 g/mol. The molecule has 0 aromatic rings. The number of esters is 3. The van der Waals surface area contributed by atoms with E-state index in [9.17, 15) is 14.4 Å². The van der Waals surface area contributed by atoms with Gasteiger partial charge in [0.05, 0.1) is 0 Å². The van der Waals surface area contributed by atoms with E-state index in [1.165, 1.54) is 64.2 Å². The van der Waals surface area contributed by atoms with Gasteiger partial charge in [-0.2, -0.15) is 0 Å². The van der Waals surface area contributed by atoms with Crippen LogP contribution in [-0.2, 0) is 28.6 Å². The average Bonchev–Trinajstić information content (AvgIpc) is 3.26. The predicted octanol–water partition coefficient (Wildman–Crippen LogP) is 16.6. The third kappa shape index (κ3) is 47.7. The van der Waals surface area contributed by atoms with Crippen LogP contribution in [0.25, 0.3) is 0 Å². The van der Waals surface area contributed by atoms with Gasteiger partial charge in [-0.25, -0.2) is 0 Å². The van der Waals surface area contributed by atoms with Crippen molar-refractivity contribution in [2.75, 3.05) is 13.2 Å². The van der Waals surface area contributed by atoms with Gasteiger partial charge >= 0.3 is 17.9 Å². The molecule has 0 spiro atoms. The highest BCUT2D eigenvalue weighted by molar-refractivity contribution is 5.71. The topological polar surface area (TPSA) is 78.9 Å². The molecule has 0 fully saturated rings. The van der Waals surface area contributed by atoms with Crippen LogP contribution in [0.4, 0.5) is 0 Å². The van der Waals surface area contributed by atoms with Crippen LogP contribution in [0.2, 0.25) is 0 Å². The normalized spacial score (nSPS) is 12.2. The highest BCUT2D eigenvalue weighted by Gasteiger charge is 2.19. The second-order valence-corrected chi connectivity index (χ2v) is 16.7. The highest BCUT2D eigenvalue weighted by atomic mass is 16.6. The quantitative estimate of drug-likeness (QED) is 0.0263. The molecule has 0 rings (SSSR count). The van der Waals surface area contributed by atoms with Crippen LogP contribution >= 0.6 is 0 Å². The number of hydrogen-bond acceptors (Lipinski definition) is 6. The van der Waals surface area contributed by atoms with Crippen LogP contribution in [0, 0.1) is 0 Å². The second-order valence-electron chi connectivity index (χ2n) is 16.7. The molecule has 0 aliphatic carbocycles. The lowest BCUT2D eigenvalue weighted by molar-refractivity contribution is -0.167. The molecule has 0 unspecified atom stereocenters. The van der Waals surface area contributed by atoms with Crippen LogP contribution in [0.3, 0.4) is 0 Å². The van der Waals surface area contributed by atoms with E-state index >= 15 is 0 Å². The van der Waals surface area contributed by atoms with Crippen molar-refractivity contribution in [1.82, 2.24) is 0 Å². The van der Waals surface area contributed by atoms with E-state index in [1.54, 1.807) is 0 Å². The molecule has 0 aliphatic rings. The molecule has 0 heterocycles. The fourth-order valence-electron chi connectivity index (χ4n) is 6.94. The molecule has 0 radical (unpaired) electrons. The maximum absolute atomic E-state index is 12.8. The lowest BCUT2D eigenvalue weighted by atomic mass is 10.0. The molecular weight excluding hydrogens is 757 g/mol. The summed E-state index contributed by atoms with van der Waals surface area (Å²) in [6.07, 6.45) is 61.6. The summed E-state index contributed by atoms with van der Waals surface area (Å²) in [5, 5.41) is 0. The van der Waals surface area contributed by atoms with Crippen LogP contribution in [-0.4, -0.2) is 37.2 Å². The number of allylic oxidation sites excluding steroid dienone is 12. The molecule has 6 heteroatoms. The summed E-state index contributed by atoms with van der Waals surface area (Å²) in [6.45, 7) is 6.39. The summed E-state index contributed by atoms with van der Waals surface area (Å²) in [4.78, 5) is 38.0. The first-order chi connectivity index (χ1) is 30.0. The first kappa shape index (κ1) is 57.9. The maximum Gasteiger partial charge on any atom is 0.306 e. The van der Waals surface area contributed by atoms with Crippen LogP contribution in [0.5, 0.6) is 0 Å². The minimum atomic E-state index is -0.787. The molecule has 0 saturated carbocycles. The Morgan fingerprint density at radius 3 is 1.00 bits per heavy atom. The monoisotopic (exact) mass is 851 g/mol. The molecule has 6 nitrogen and oxygen atoms in total. The molecule has 0 aliphatic heterocycles. The van der Waals surface area contributed by atoms with Crippen molar-refractivity contribution in [2.45, 2.75) is 245 Å². The highest BCUT2D eigenvalue weighted by Crippen LogP contribution is 2.15. The number of hydrogen-bond donors (Lipinski definition) is 0. The molecule has 0 amide bonds. The summed E-state index contributed by atoms with van der Waals surface area (Å²) in [7, 11) is 0. The Kier molecular flexibility index (Phi) is 46.9. The first-order valence-electron chi connectivity index (χ1n) is 25.4. The lowest BCUT2D eigenvalue weighted by Crippen LogP contribution is -2.30. The Morgan fingerprint density at radius 2 is 0.639 bits per heavy atom. The molecule has 0 saturated heterocycles. The van der Waals surface area contributed by atoms with Gasteiger partial charge in [0.25, 0.3) is 0 Å². The molecule has 0 atom stereocenters. The van der Waals surface area contributed by atoms with Crippen LogP contribution < -0.4 is 0 Å². The van der Waals surface area contributed by atoms with Crippen LogP contribution in [0.15, 0.2) is 72.9 Å². The minimum Gasteiger partial charge on any atom is -0.462 e. The van der Waals surface area contributed by atoms with Crippen LogP contribution in [0.1, 0.15) is 239 Å². The Bertz CT molecular complexity index is 1090. The van der Waals surface area contributed by atoms with Gasteiger partial charge in [-0.3, -0.25) is 14.4 Å². The Balaban J connectivity index is 4.43. The summed E-state index contributed by atoms with van der Waals surface area (Å²) < 4.78 is 16.8. The van der Waals surface area contributed by atoms with Crippen molar-refractivity contribution in [3.8, 4) is 0 Å². The van der Waals surface area contributed by atoms with E-state index in [4.69, 9.17) is 14.2 Å². The fourth-order valence-corrected chi connectivity index (χ4v) is 6.94.